The fourth-order valence-electron chi connectivity index (χ4n) is 1.89. The number of carboxylic acids is 1. The third kappa shape index (κ3) is 4.36. The molecule has 0 aliphatic carbocycles. The highest BCUT2D eigenvalue weighted by atomic mass is 16.5. The van der Waals surface area contributed by atoms with Crippen molar-refractivity contribution in [1.82, 2.24) is 0 Å². The quantitative estimate of drug-likeness (QED) is 0.639. The Morgan fingerprint density at radius 1 is 1.05 bits per heavy atom. The van der Waals surface area contributed by atoms with E-state index >= 15 is 0 Å². The molecule has 0 fully saturated rings. The van der Waals surface area contributed by atoms with Crippen molar-refractivity contribution in [3.05, 3.63) is 59.9 Å². The average molecular weight is 281 g/mol. The summed E-state index contributed by atoms with van der Waals surface area (Å²) in [6, 6.07) is 15.0. The predicted molar refractivity (Wildman–Crippen MR) is 80.5 cm³/mol. The maximum absolute atomic E-state index is 10.4. The molecule has 2 rings (SSSR count). The van der Waals surface area contributed by atoms with Gasteiger partial charge in [-0.05, 0) is 29.7 Å². The highest BCUT2D eigenvalue weighted by Crippen LogP contribution is 2.24. The lowest BCUT2D eigenvalue weighted by molar-refractivity contribution is -0.137. The topological polar surface area (TPSA) is 50.9 Å². The number of aliphatic carboxylic acids is 1. The van der Waals surface area contributed by atoms with Gasteiger partial charge in [0.1, 0.15) is 5.75 Å². The van der Waals surface area contributed by atoms with E-state index in [4.69, 9.17) is 16.4 Å². The second-order valence-electron chi connectivity index (χ2n) is 4.53. The molecule has 4 heteroatoms. The van der Waals surface area contributed by atoms with Gasteiger partial charge < -0.3 is 9.84 Å². The molecule has 0 radical (unpaired) electrons. The molecule has 2 aromatic carbocycles. The summed E-state index contributed by atoms with van der Waals surface area (Å²) in [5.74, 6) is -0.0845. The number of nitrogens with zero attached hydrogens (tertiary/aromatic N) is 1. The van der Waals surface area contributed by atoms with E-state index in [1.807, 2.05) is 36.4 Å². The van der Waals surface area contributed by atoms with E-state index in [2.05, 4.69) is 4.85 Å². The molecule has 0 heterocycles. The van der Waals surface area contributed by atoms with Crippen LogP contribution in [0.1, 0.15) is 12.8 Å². The van der Waals surface area contributed by atoms with Crippen LogP contribution in [0.15, 0.2) is 48.5 Å². The van der Waals surface area contributed by atoms with Crippen LogP contribution in [-0.4, -0.2) is 17.7 Å². The van der Waals surface area contributed by atoms with Crippen LogP contribution in [0.2, 0.25) is 0 Å². The first-order valence-corrected chi connectivity index (χ1v) is 6.61. The van der Waals surface area contributed by atoms with Gasteiger partial charge in [-0.25, -0.2) is 4.85 Å². The minimum atomic E-state index is -0.809. The van der Waals surface area contributed by atoms with Gasteiger partial charge in [0.25, 0.3) is 0 Å². The van der Waals surface area contributed by atoms with Gasteiger partial charge in [0.15, 0.2) is 5.69 Å². The lowest BCUT2D eigenvalue weighted by Gasteiger charge is -2.07. The molecule has 0 saturated carbocycles. The van der Waals surface area contributed by atoms with Crippen molar-refractivity contribution in [2.75, 3.05) is 6.61 Å². The first-order chi connectivity index (χ1) is 10.2. The first-order valence-electron chi connectivity index (χ1n) is 6.61. The Hall–Kier alpha value is -2.80. The largest absolute Gasteiger partial charge is 0.494 e. The minimum Gasteiger partial charge on any atom is -0.494 e. The molecule has 0 bridgehead atoms. The summed E-state index contributed by atoms with van der Waals surface area (Å²) in [4.78, 5) is 13.7. The standard InChI is InChI=1S/C17H15NO3/c1-18-15-8-4-13(5-9-15)14-6-10-16(11-7-14)21-12-2-3-17(19)20/h4-11H,2-3,12H2,(H,19,20). The van der Waals surface area contributed by atoms with E-state index in [9.17, 15) is 4.79 Å². The molecule has 21 heavy (non-hydrogen) atoms. The van der Waals surface area contributed by atoms with Gasteiger partial charge in [0.2, 0.25) is 0 Å². The van der Waals surface area contributed by atoms with Gasteiger partial charge >= 0.3 is 5.97 Å². The summed E-state index contributed by atoms with van der Waals surface area (Å²) >= 11 is 0. The smallest absolute Gasteiger partial charge is 0.303 e. The summed E-state index contributed by atoms with van der Waals surface area (Å²) in [6.07, 6.45) is 0.612. The van der Waals surface area contributed by atoms with E-state index in [0.717, 1.165) is 16.9 Å². The second kappa shape index (κ2) is 7.11. The third-order valence-electron chi connectivity index (χ3n) is 2.99. The number of benzene rings is 2. The summed E-state index contributed by atoms with van der Waals surface area (Å²) in [5, 5.41) is 8.54. The Balaban J connectivity index is 1.95. The zero-order valence-electron chi connectivity index (χ0n) is 11.5. The Kier molecular flexibility index (Phi) is 4.94. The van der Waals surface area contributed by atoms with Gasteiger partial charge in [-0.3, -0.25) is 4.79 Å². The Morgan fingerprint density at radius 2 is 1.62 bits per heavy atom. The van der Waals surface area contributed by atoms with E-state index in [1.54, 1.807) is 12.1 Å². The summed E-state index contributed by atoms with van der Waals surface area (Å²) in [6.45, 7) is 7.32. The van der Waals surface area contributed by atoms with Gasteiger partial charge in [-0.2, -0.15) is 0 Å². The van der Waals surface area contributed by atoms with Crippen molar-refractivity contribution >= 4 is 11.7 Å². The molecule has 1 N–H and O–H groups in total. The lowest BCUT2D eigenvalue weighted by atomic mass is 10.1. The van der Waals surface area contributed by atoms with Crippen LogP contribution in [0.25, 0.3) is 16.0 Å². The molecular weight excluding hydrogens is 266 g/mol. The maximum Gasteiger partial charge on any atom is 0.303 e. The number of carbonyl (C=O) groups is 1. The molecule has 0 spiro atoms. The second-order valence-corrected chi connectivity index (χ2v) is 4.53. The van der Waals surface area contributed by atoms with Crippen molar-refractivity contribution < 1.29 is 14.6 Å². The SMILES string of the molecule is [C-]#[N+]c1ccc(-c2ccc(OCCCC(=O)O)cc2)cc1. The molecule has 106 valence electrons. The highest BCUT2D eigenvalue weighted by molar-refractivity contribution is 5.67. The fraction of sp³-hybridized carbons (Fsp3) is 0.176. The van der Waals surface area contributed by atoms with Crippen LogP contribution in [0.5, 0.6) is 5.75 Å². The summed E-state index contributed by atoms with van der Waals surface area (Å²) in [5.41, 5.74) is 2.71. The number of ether oxygens (including phenoxy) is 1. The van der Waals surface area contributed by atoms with Crippen LogP contribution in [0.3, 0.4) is 0 Å². The first kappa shape index (κ1) is 14.6. The van der Waals surface area contributed by atoms with Gasteiger partial charge in [0.05, 0.1) is 13.2 Å². The number of rotatable bonds is 6. The fourth-order valence-corrected chi connectivity index (χ4v) is 1.89. The van der Waals surface area contributed by atoms with Crippen molar-refractivity contribution in [1.29, 1.82) is 0 Å². The third-order valence-corrected chi connectivity index (χ3v) is 2.99. The molecule has 0 atom stereocenters. The van der Waals surface area contributed by atoms with Crippen LogP contribution in [0, 0.1) is 6.57 Å². The number of hydrogen-bond acceptors (Lipinski definition) is 2. The van der Waals surface area contributed by atoms with Crippen molar-refractivity contribution in [3.8, 4) is 16.9 Å². The molecule has 0 amide bonds. The molecule has 0 aromatic heterocycles. The zero-order chi connectivity index (χ0) is 15.1. The molecule has 0 unspecified atom stereocenters. The summed E-state index contributed by atoms with van der Waals surface area (Å²) < 4.78 is 5.48. The predicted octanol–water partition coefficient (Wildman–Crippen LogP) is 4.15. The normalized spacial score (nSPS) is 9.86. The van der Waals surface area contributed by atoms with Crippen LogP contribution in [0.4, 0.5) is 5.69 Å². The molecule has 4 nitrogen and oxygen atoms in total. The molecule has 0 saturated heterocycles. The minimum absolute atomic E-state index is 0.117. The van der Waals surface area contributed by atoms with Gasteiger partial charge in [-0.1, -0.05) is 36.4 Å². The number of hydrogen-bond donors (Lipinski definition) is 1. The van der Waals surface area contributed by atoms with Crippen LogP contribution < -0.4 is 4.74 Å². The number of carboxylic acid groups (broad SMARTS) is 1. The molecule has 0 aliphatic rings. The van der Waals surface area contributed by atoms with Crippen molar-refractivity contribution in [2.45, 2.75) is 12.8 Å². The lowest BCUT2D eigenvalue weighted by Crippen LogP contribution is -2.01. The summed E-state index contributed by atoms with van der Waals surface area (Å²) in [7, 11) is 0. The van der Waals surface area contributed by atoms with Gasteiger partial charge in [-0.15, -0.1) is 0 Å². The molecule has 0 aliphatic heterocycles. The van der Waals surface area contributed by atoms with Crippen molar-refractivity contribution in [2.24, 2.45) is 0 Å². The molecular formula is C17H15NO3. The van der Waals surface area contributed by atoms with E-state index in [0.29, 0.717) is 18.7 Å². The monoisotopic (exact) mass is 281 g/mol. The van der Waals surface area contributed by atoms with E-state index in [1.165, 1.54) is 0 Å². The van der Waals surface area contributed by atoms with Gasteiger partial charge in [0, 0.05) is 6.42 Å². The Bertz CT molecular complexity index is 639. The van der Waals surface area contributed by atoms with Crippen molar-refractivity contribution in [3.63, 3.8) is 0 Å². The van der Waals surface area contributed by atoms with E-state index in [-0.39, 0.29) is 6.42 Å². The van der Waals surface area contributed by atoms with Crippen LogP contribution >= 0.6 is 0 Å². The molecule has 2 aromatic rings. The maximum atomic E-state index is 10.4. The highest BCUT2D eigenvalue weighted by Gasteiger charge is 2.00. The Morgan fingerprint density at radius 3 is 2.14 bits per heavy atom. The average Bonchev–Trinajstić information content (AvgIpc) is 2.52. The Labute approximate surface area is 123 Å². The van der Waals surface area contributed by atoms with E-state index < -0.39 is 5.97 Å². The zero-order valence-corrected chi connectivity index (χ0v) is 11.5. The van der Waals surface area contributed by atoms with Crippen LogP contribution in [-0.2, 0) is 4.79 Å².